The fourth-order valence-electron chi connectivity index (χ4n) is 1.32. The highest BCUT2D eigenvalue weighted by atomic mass is 35.5. The maximum absolute atomic E-state index is 8.59. The van der Waals surface area contributed by atoms with Gasteiger partial charge in [-0.15, -0.1) is 0 Å². The van der Waals surface area contributed by atoms with Gasteiger partial charge in [0.1, 0.15) is 5.75 Å². The Labute approximate surface area is 99.7 Å². The SMILES string of the molecule is CCC(Oc1ccc(Cl)cc1C)C(N)=NO. The first kappa shape index (κ1) is 12.6. The van der Waals surface area contributed by atoms with Crippen molar-refractivity contribution in [1.29, 1.82) is 0 Å². The number of amidine groups is 1. The topological polar surface area (TPSA) is 67.8 Å². The summed E-state index contributed by atoms with van der Waals surface area (Å²) in [4.78, 5) is 0. The van der Waals surface area contributed by atoms with E-state index in [1.165, 1.54) is 0 Å². The van der Waals surface area contributed by atoms with E-state index in [9.17, 15) is 0 Å². The predicted molar refractivity (Wildman–Crippen MR) is 64.3 cm³/mol. The second kappa shape index (κ2) is 5.61. The lowest BCUT2D eigenvalue weighted by atomic mass is 10.2. The Morgan fingerprint density at radius 2 is 2.31 bits per heavy atom. The van der Waals surface area contributed by atoms with Gasteiger partial charge in [-0.1, -0.05) is 23.7 Å². The molecule has 1 aromatic rings. The van der Waals surface area contributed by atoms with Crippen LogP contribution in [0.3, 0.4) is 0 Å². The van der Waals surface area contributed by atoms with E-state index >= 15 is 0 Å². The van der Waals surface area contributed by atoms with Crippen molar-refractivity contribution in [3.8, 4) is 5.75 Å². The summed E-state index contributed by atoms with van der Waals surface area (Å²) in [5, 5.41) is 12.2. The Hall–Kier alpha value is -1.42. The second-order valence-electron chi connectivity index (χ2n) is 3.45. The third-order valence-electron chi connectivity index (χ3n) is 2.22. The van der Waals surface area contributed by atoms with Gasteiger partial charge in [0.25, 0.3) is 0 Å². The van der Waals surface area contributed by atoms with Crippen LogP contribution < -0.4 is 10.5 Å². The maximum Gasteiger partial charge on any atom is 0.180 e. The summed E-state index contributed by atoms with van der Waals surface area (Å²) in [5.74, 6) is 0.750. The average Bonchev–Trinajstić information content (AvgIpc) is 2.27. The Bertz CT molecular complexity index is 394. The minimum atomic E-state index is -0.426. The van der Waals surface area contributed by atoms with Gasteiger partial charge in [-0.25, -0.2) is 0 Å². The number of nitrogens with two attached hydrogens (primary N) is 1. The first-order valence-corrected chi connectivity index (χ1v) is 5.36. The number of nitrogens with zero attached hydrogens (tertiary/aromatic N) is 1. The Morgan fingerprint density at radius 3 is 2.81 bits per heavy atom. The highest BCUT2D eigenvalue weighted by Crippen LogP contribution is 2.23. The number of halogens is 1. The van der Waals surface area contributed by atoms with E-state index in [0.717, 1.165) is 5.56 Å². The van der Waals surface area contributed by atoms with Crippen LogP contribution in [0.1, 0.15) is 18.9 Å². The second-order valence-corrected chi connectivity index (χ2v) is 3.89. The van der Waals surface area contributed by atoms with Gasteiger partial charge >= 0.3 is 0 Å². The van der Waals surface area contributed by atoms with Gasteiger partial charge in [0.2, 0.25) is 0 Å². The summed E-state index contributed by atoms with van der Waals surface area (Å²) >= 11 is 5.83. The molecule has 0 spiro atoms. The van der Waals surface area contributed by atoms with Crippen molar-refractivity contribution in [2.24, 2.45) is 10.9 Å². The molecule has 1 aromatic carbocycles. The van der Waals surface area contributed by atoms with Crippen LogP contribution in [-0.4, -0.2) is 17.1 Å². The van der Waals surface area contributed by atoms with Gasteiger partial charge in [-0.05, 0) is 37.1 Å². The molecule has 0 aliphatic heterocycles. The number of aryl methyl sites for hydroxylation is 1. The molecule has 88 valence electrons. The molecule has 1 rings (SSSR count). The van der Waals surface area contributed by atoms with Gasteiger partial charge < -0.3 is 15.7 Å². The highest BCUT2D eigenvalue weighted by molar-refractivity contribution is 6.30. The summed E-state index contributed by atoms with van der Waals surface area (Å²) in [7, 11) is 0. The molecule has 0 aliphatic rings. The van der Waals surface area contributed by atoms with Crippen LogP contribution >= 0.6 is 11.6 Å². The third kappa shape index (κ3) is 3.03. The molecule has 0 aliphatic carbocycles. The third-order valence-corrected chi connectivity index (χ3v) is 2.46. The highest BCUT2D eigenvalue weighted by Gasteiger charge is 2.14. The van der Waals surface area contributed by atoms with Crippen molar-refractivity contribution in [2.45, 2.75) is 26.4 Å². The molecule has 0 saturated carbocycles. The lowest BCUT2D eigenvalue weighted by Gasteiger charge is -2.17. The van der Waals surface area contributed by atoms with E-state index in [-0.39, 0.29) is 5.84 Å². The van der Waals surface area contributed by atoms with E-state index in [4.69, 9.17) is 27.3 Å². The molecule has 1 unspecified atom stereocenters. The quantitative estimate of drug-likeness (QED) is 0.369. The van der Waals surface area contributed by atoms with E-state index in [1.807, 2.05) is 13.8 Å². The maximum atomic E-state index is 8.59. The van der Waals surface area contributed by atoms with Gasteiger partial charge in [-0.3, -0.25) is 0 Å². The normalized spacial score (nSPS) is 13.6. The summed E-state index contributed by atoms with van der Waals surface area (Å²) in [6, 6.07) is 5.31. The molecule has 0 heterocycles. The number of hydrogen-bond donors (Lipinski definition) is 2. The molecule has 0 saturated heterocycles. The smallest absolute Gasteiger partial charge is 0.180 e. The van der Waals surface area contributed by atoms with Crippen molar-refractivity contribution in [3.05, 3.63) is 28.8 Å². The fraction of sp³-hybridized carbons (Fsp3) is 0.364. The van der Waals surface area contributed by atoms with Crippen LogP contribution in [-0.2, 0) is 0 Å². The van der Waals surface area contributed by atoms with Gasteiger partial charge in [-0.2, -0.15) is 0 Å². The lowest BCUT2D eigenvalue weighted by molar-refractivity contribution is 0.245. The molecular formula is C11H15ClN2O2. The average molecular weight is 243 g/mol. The van der Waals surface area contributed by atoms with Gasteiger partial charge in [0.15, 0.2) is 11.9 Å². The monoisotopic (exact) mass is 242 g/mol. The van der Waals surface area contributed by atoms with Gasteiger partial charge in [0, 0.05) is 5.02 Å². The van der Waals surface area contributed by atoms with Crippen molar-refractivity contribution in [1.82, 2.24) is 0 Å². The Balaban J connectivity index is 2.86. The summed E-state index contributed by atoms with van der Waals surface area (Å²) < 4.78 is 5.63. The Kier molecular flexibility index (Phi) is 4.43. The van der Waals surface area contributed by atoms with Crippen molar-refractivity contribution in [3.63, 3.8) is 0 Å². The number of ether oxygens (including phenoxy) is 1. The molecular weight excluding hydrogens is 228 g/mol. The molecule has 5 heteroatoms. The van der Waals surface area contributed by atoms with Crippen LogP contribution in [0.15, 0.2) is 23.4 Å². The molecule has 0 fully saturated rings. The Morgan fingerprint density at radius 1 is 1.62 bits per heavy atom. The number of rotatable bonds is 4. The number of hydrogen-bond acceptors (Lipinski definition) is 3. The number of oxime groups is 1. The van der Waals surface area contributed by atoms with E-state index < -0.39 is 6.10 Å². The van der Waals surface area contributed by atoms with Crippen LogP contribution in [0.4, 0.5) is 0 Å². The van der Waals surface area contributed by atoms with E-state index in [1.54, 1.807) is 18.2 Å². The minimum Gasteiger partial charge on any atom is -0.482 e. The molecule has 0 bridgehead atoms. The standard InChI is InChI=1S/C11H15ClN2O2/c1-3-9(11(13)14-15)16-10-5-4-8(12)6-7(10)2/h4-6,9,15H,3H2,1-2H3,(H2,13,14). The zero-order chi connectivity index (χ0) is 12.1. The van der Waals surface area contributed by atoms with E-state index in [2.05, 4.69) is 5.16 Å². The van der Waals surface area contributed by atoms with Crippen LogP contribution in [0.5, 0.6) is 5.75 Å². The molecule has 1 atom stereocenters. The number of benzene rings is 1. The van der Waals surface area contributed by atoms with Crippen molar-refractivity contribution >= 4 is 17.4 Å². The zero-order valence-corrected chi connectivity index (χ0v) is 10.0. The largest absolute Gasteiger partial charge is 0.482 e. The molecule has 3 N–H and O–H groups in total. The summed E-state index contributed by atoms with van der Waals surface area (Å²) in [6.45, 7) is 3.79. The lowest BCUT2D eigenvalue weighted by Crippen LogP contribution is -2.33. The fourth-order valence-corrected chi connectivity index (χ4v) is 1.54. The van der Waals surface area contributed by atoms with E-state index in [0.29, 0.717) is 17.2 Å². The first-order valence-electron chi connectivity index (χ1n) is 4.98. The van der Waals surface area contributed by atoms with Crippen LogP contribution in [0.2, 0.25) is 5.02 Å². The van der Waals surface area contributed by atoms with Crippen LogP contribution in [0.25, 0.3) is 0 Å². The molecule has 0 amide bonds. The molecule has 4 nitrogen and oxygen atoms in total. The zero-order valence-electron chi connectivity index (χ0n) is 9.27. The predicted octanol–water partition coefficient (Wildman–Crippen LogP) is 2.55. The van der Waals surface area contributed by atoms with Crippen molar-refractivity contribution < 1.29 is 9.94 Å². The van der Waals surface area contributed by atoms with Crippen molar-refractivity contribution in [2.75, 3.05) is 0 Å². The van der Waals surface area contributed by atoms with Gasteiger partial charge in [0.05, 0.1) is 0 Å². The first-order chi connectivity index (χ1) is 7.58. The minimum absolute atomic E-state index is 0.0665. The molecule has 0 aromatic heterocycles. The summed E-state index contributed by atoms with van der Waals surface area (Å²) in [6.07, 6.45) is 0.197. The summed E-state index contributed by atoms with van der Waals surface area (Å²) in [5.41, 5.74) is 6.42. The molecule has 0 radical (unpaired) electrons. The van der Waals surface area contributed by atoms with Crippen LogP contribution in [0, 0.1) is 6.92 Å². The molecule has 16 heavy (non-hydrogen) atoms.